The normalized spacial score (nSPS) is 12.8. The molecule has 0 fully saturated rings. The number of amides is 1. The molecule has 150 valence electrons. The van der Waals surface area contributed by atoms with Crippen LogP contribution < -0.4 is 10.1 Å². The zero-order chi connectivity index (χ0) is 21.0. The van der Waals surface area contributed by atoms with Crippen LogP contribution in [0.15, 0.2) is 18.2 Å². The molecular formula is C15H17F3N2O7. The molecule has 27 heavy (non-hydrogen) atoms. The first-order valence-corrected chi connectivity index (χ1v) is 7.42. The van der Waals surface area contributed by atoms with Crippen molar-refractivity contribution >= 4 is 17.7 Å². The topological polar surface area (TPSA) is 128 Å². The molecule has 0 aromatic heterocycles. The van der Waals surface area contributed by atoms with E-state index in [1.54, 1.807) is 0 Å². The van der Waals surface area contributed by atoms with E-state index in [1.807, 2.05) is 5.32 Å². The van der Waals surface area contributed by atoms with Gasteiger partial charge in [-0.2, -0.15) is 13.2 Å². The molecule has 0 radical (unpaired) electrons. The molecule has 0 aliphatic heterocycles. The van der Waals surface area contributed by atoms with E-state index in [2.05, 4.69) is 0 Å². The third kappa shape index (κ3) is 6.64. The van der Waals surface area contributed by atoms with E-state index >= 15 is 0 Å². The minimum atomic E-state index is -4.97. The van der Waals surface area contributed by atoms with Crippen LogP contribution in [0.25, 0.3) is 0 Å². The summed E-state index contributed by atoms with van der Waals surface area (Å²) in [5.41, 5.74) is -3.39. The lowest BCUT2D eigenvalue weighted by Crippen LogP contribution is -2.46. The number of para-hydroxylation sites is 1. The fourth-order valence-corrected chi connectivity index (χ4v) is 1.83. The average Bonchev–Trinajstić information content (AvgIpc) is 2.47. The molecule has 0 heterocycles. The smallest absolute Gasteiger partial charge is 0.420 e. The van der Waals surface area contributed by atoms with Gasteiger partial charge in [-0.05, 0) is 26.8 Å². The van der Waals surface area contributed by atoms with Crippen molar-refractivity contribution in [3.63, 3.8) is 0 Å². The number of carboxylic acid groups (broad SMARTS) is 1. The number of nitrogens with zero attached hydrogens (tertiary/aromatic N) is 1. The second kappa shape index (κ2) is 8.10. The highest BCUT2D eigenvalue weighted by Crippen LogP contribution is 2.41. The summed E-state index contributed by atoms with van der Waals surface area (Å²) in [7, 11) is 0. The van der Waals surface area contributed by atoms with Gasteiger partial charge in [-0.3, -0.25) is 10.1 Å². The number of halogens is 3. The molecule has 0 saturated heterocycles. The maximum atomic E-state index is 13.1. The number of nitro benzene ring substituents is 1. The highest BCUT2D eigenvalue weighted by Gasteiger charge is 2.38. The molecule has 0 saturated carbocycles. The Bertz CT molecular complexity index is 729. The van der Waals surface area contributed by atoms with Crippen LogP contribution in [-0.4, -0.2) is 40.3 Å². The summed E-state index contributed by atoms with van der Waals surface area (Å²) < 4.78 is 48.8. The number of benzene rings is 1. The van der Waals surface area contributed by atoms with Crippen molar-refractivity contribution in [2.75, 3.05) is 6.61 Å². The first-order valence-electron chi connectivity index (χ1n) is 7.42. The zero-order valence-corrected chi connectivity index (χ0v) is 14.5. The lowest BCUT2D eigenvalue weighted by Gasteiger charge is -2.22. The van der Waals surface area contributed by atoms with Gasteiger partial charge in [0.25, 0.3) is 0 Å². The number of rotatable bonds is 6. The van der Waals surface area contributed by atoms with Crippen LogP contribution in [0.3, 0.4) is 0 Å². The Morgan fingerprint density at radius 3 is 2.33 bits per heavy atom. The second-order valence-corrected chi connectivity index (χ2v) is 6.26. The number of nitro groups is 1. The fraction of sp³-hybridized carbons (Fsp3) is 0.467. The van der Waals surface area contributed by atoms with Crippen molar-refractivity contribution in [2.24, 2.45) is 0 Å². The van der Waals surface area contributed by atoms with Crippen molar-refractivity contribution in [1.29, 1.82) is 0 Å². The third-order valence-electron chi connectivity index (χ3n) is 2.88. The lowest BCUT2D eigenvalue weighted by molar-refractivity contribution is -0.386. The zero-order valence-electron chi connectivity index (χ0n) is 14.5. The van der Waals surface area contributed by atoms with Crippen LogP contribution in [0.4, 0.5) is 23.7 Å². The molecule has 2 N–H and O–H groups in total. The monoisotopic (exact) mass is 394 g/mol. The Labute approximate surface area is 151 Å². The van der Waals surface area contributed by atoms with E-state index in [9.17, 15) is 32.9 Å². The van der Waals surface area contributed by atoms with Crippen LogP contribution in [0, 0.1) is 10.1 Å². The van der Waals surface area contributed by atoms with Gasteiger partial charge in [-0.25, -0.2) is 9.59 Å². The minimum Gasteiger partial charge on any atom is -0.484 e. The standard InChI is InChI=1S/C15H17F3N2O7/c1-14(2,3)27-13(23)19-9(12(21)22)7-26-11-8(15(16,17)18)5-4-6-10(11)20(24)25/h4-6,9H,7H2,1-3H3,(H,19,23)(H,21,22)/t9-/m0/s1. The SMILES string of the molecule is CC(C)(C)OC(=O)N[C@@H](COc1c([N+](=O)[O-])cccc1C(F)(F)F)C(=O)O. The Kier molecular flexibility index (Phi) is 6.60. The number of aliphatic carboxylic acids is 1. The molecule has 1 aromatic rings. The lowest BCUT2D eigenvalue weighted by atomic mass is 10.1. The van der Waals surface area contributed by atoms with Crippen LogP contribution in [0.1, 0.15) is 26.3 Å². The molecule has 0 spiro atoms. The van der Waals surface area contributed by atoms with Crippen LogP contribution in [0.5, 0.6) is 5.75 Å². The first kappa shape index (κ1) is 22.0. The first-order chi connectivity index (χ1) is 12.2. The molecule has 12 heteroatoms. The number of alkyl carbamates (subject to hydrolysis) is 1. The minimum absolute atomic E-state index is 0.555. The van der Waals surface area contributed by atoms with Gasteiger partial charge in [0.1, 0.15) is 17.8 Å². The van der Waals surface area contributed by atoms with Crippen molar-refractivity contribution in [1.82, 2.24) is 5.32 Å². The second-order valence-electron chi connectivity index (χ2n) is 6.26. The number of carboxylic acids is 1. The number of hydrogen-bond donors (Lipinski definition) is 2. The number of hydrogen-bond acceptors (Lipinski definition) is 6. The van der Waals surface area contributed by atoms with Crippen molar-refractivity contribution in [3.8, 4) is 5.75 Å². The highest BCUT2D eigenvalue weighted by atomic mass is 19.4. The molecule has 0 aliphatic carbocycles. The quantitative estimate of drug-likeness (QED) is 0.561. The predicted octanol–water partition coefficient (Wildman–Crippen LogP) is 2.97. The number of alkyl halides is 3. The summed E-state index contributed by atoms with van der Waals surface area (Å²) in [6.07, 6.45) is -6.12. The molecule has 0 aliphatic rings. The summed E-state index contributed by atoms with van der Waals surface area (Å²) >= 11 is 0. The number of carbonyl (C=O) groups is 2. The molecule has 9 nitrogen and oxygen atoms in total. The number of ether oxygens (including phenoxy) is 2. The van der Waals surface area contributed by atoms with Gasteiger partial charge < -0.3 is 19.9 Å². The molecule has 1 amide bonds. The summed E-state index contributed by atoms with van der Waals surface area (Å²) in [5, 5.41) is 22.0. The van der Waals surface area contributed by atoms with Crippen molar-refractivity contribution < 1.29 is 42.3 Å². The molecule has 1 atom stereocenters. The van der Waals surface area contributed by atoms with Gasteiger partial charge in [0.05, 0.1) is 4.92 Å². The van der Waals surface area contributed by atoms with Crippen LogP contribution >= 0.6 is 0 Å². The van der Waals surface area contributed by atoms with E-state index in [1.165, 1.54) is 20.8 Å². The van der Waals surface area contributed by atoms with Gasteiger partial charge >= 0.3 is 23.9 Å². The molecule has 1 aromatic carbocycles. The van der Waals surface area contributed by atoms with Gasteiger partial charge in [0.15, 0.2) is 6.04 Å². The van der Waals surface area contributed by atoms with E-state index < -0.39 is 58.4 Å². The number of nitrogens with one attached hydrogen (secondary N) is 1. The molecule has 0 bridgehead atoms. The third-order valence-corrected chi connectivity index (χ3v) is 2.88. The van der Waals surface area contributed by atoms with E-state index in [0.717, 1.165) is 12.1 Å². The van der Waals surface area contributed by atoms with Crippen LogP contribution in [0.2, 0.25) is 0 Å². The molecular weight excluding hydrogens is 377 g/mol. The largest absolute Gasteiger partial charge is 0.484 e. The maximum absolute atomic E-state index is 13.1. The highest BCUT2D eigenvalue weighted by molar-refractivity contribution is 5.80. The van der Waals surface area contributed by atoms with E-state index in [4.69, 9.17) is 14.6 Å². The van der Waals surface area contributed by atoms with Gasteiger partial charge in [-0.1, -0.05) is 6.07 Å². The van der Waals surface area contributed by atoms with Gasteiger partial charge in [0.2, 0.25) is 5.75 Å². The Morgan fingerprint density at radius 2 is 1.89 bits per heavy atom. The maximum Gasteiger partial charge on any atom is 0.420 e. The number of carbonyl (C=O) groups excluding carboxylic acids is 1. The van der Waals surface area contributed by atoms with Crippen LogP contribution in [-0.2, 0) is 15.7 Å². The summed E-state index contributed by atoms with van der Waals surface area (Å²) in [6, 6.07) is 0.350. The Hall–Kier alpha value is -3.05. The average molecular weight is 394 g/mol. The van der Waals surface area contributed by atoms with Crippen molar-refractivity contribution in [3.05, 3.63) is 33.9 Å². The summed E-state index contributed by atoms with van der Waals surface area (Å²) in [6.45, 7) is 3.55. The van der Waals surface area contributed by atoms with Gasteiger partial charge in [-0.15, -0.1) is 0 Å². The van der Waals surface area contributed by atoms with E-state index in [-0.39, 0.29) is 0 Å². The summed E-state index contributed by atoms with van der Waals surface area (Å²) in [5.74, 6) is -2.78. The molecule has 1 rings (SSSR count). The Morgan fingerprint density at radius 1 is 1.30 bits per heavy atom. The fourth-order valence-electron chi connectivity index (χ4n) is 1.83. The predicted molar refractivity (Wildman–Crippen MR) is 84.4 cm³/mol. The molecule has 0 unspecified atom stereocenters. The van der Waals surface area contributed by atoms with Crippen molar-refractivity contribution in [2.45, 2.75) is 38.6 Å². The van der Waals surface area contributed by atoms with E-state index in [0.29, 0.717) is 6.07 Å². The Balaban J connectivity index is 3.07. The van der Waals surface area contributed by atoms with Gasteiger partial charge in [0, 0.05) is 6.07 Å². The summed E-state index contributed by atoms with van der Waals surface area (Å²) in [4.78, 5) is 32.7.